The number of amides is 1. The lowest BCUT2D eigenvalue weighted by atomic mass is 10.1. The van der Waals surface area contributed by atoms with Crippen LogP contribution in [-0.4, -0.2) is 45.8 Å². The lowest BCUT2D eigenvalue weighted by Gasteiger charge is -2.23. The van der Waals surface area contributed by atoms with E-state index in [1.807, 2.05) is 0 Å². The Bertz CT molecular complexity index is 985. The molecule has 1 unspecified atom stereocenters. The van der Waals surface area contributed by atoms with Crippen LogP contribution < -0.4 is 10.2 Å². The zero-order valence-corrected chi connectivity index (χ0v) is 17.7. The maximum Gasteiger partial charge on any atom is 0.253 e. The summed E-state index contributed by atoms with van der Waals surface area (Å²) in [6, 6.07) is 10.3. The number of hydrogen-bond donors (Lipinski definition) is 1. The van der Waals surface area contributed by atoms with Gasteiger partial charge in [0.2, 0.25) is 10.0 Å². The van der Waals surface area contributed by atoms with E-state index in [4.69, 9.17) is 0 Å². The van der Waals surface area contributed by atoms with Crippen LogP contribution in [0.5, 0.6) is 0 Å². The number of nitrogens with one attached hydrogen (secondary N) is 1. The zero-order chi connectivity index (χ0) is 21.2. The summed E-state index contributed by atoms with van der Waals surface area (Å²) in [7, 11) is -0.749. The molecule has 1 aliphatic heterocycles. The van der Waals surface area contributed by atoms with Crippen LogP contribution in [0.15, 0.2) is 47.4 Å². The van der Waals surface area contributed by atoms with Gasteiger partial charge in [-0.1, -0.05) is 12.1 Å². The summed E-state index contributed by atoms with van der Waals surface area (Å²) in [5, 5.41) is 2.91. The largest absolute Gasteiger partial charge is 0.371 e. The number of rotatable bonds is 6. The molecule has 1 atom stereocenters. The standard InChI is InChI=1S/C21H26FN3O3S/c1-15(16-6-8-17(22)9-7-16)23-21(26)19-14-18(29(27,28)24(2)3)10-11-20(19)25-12-4-5-13-25/h6-11,14-15H,4-5,12-13H2,1-3H3,(H,23,26). The fourth-order valence-electron chi connectivity index (χ4n) is 3.41. The van der Waals surface area contributed by atoms with Crippen molar-refractivity contribution in [2.45, 2.75) is 30.7 Å². The van der Waals surface area contributed by atoms with Gasteiger partial charge in [-0.2, -0.15) is 0 Å². The molecule has 1 saturated heterocycles. The summed E-state index contributed by atoms with van der Waals surface area (Å²) < 4.78 is 39.4. The first-order valence-corrected chi connectivity index (χ1v) is 11.0. The molecule has 0 radical (unpaired) electrons. The quantitative estimate of drug-likeness (QED) is 0.781. The van der Waals surface area contributed by atoms with Crippen LogP contribution in [0.2, 0.25) is 0 Å². The minimum absolute atomic E-state index is 0.0741. The van der Waals surface area contributed by atoms with Gasteiger partial charge in [-0.25, -0.2) is 17.1 Å². The third kappa shape index (κ3) is 4.59. The fourth-order valence-corrected chi connectivity index (χ4v) is 4.34. The van der Waals surface area contributed by atoms with Gasteiger partial charge in [-0.3, -0.25) is 4.79 Å². The molecule has 29 heavy (non-hydrogen) atoms. The van der Waals surface area contributed by atoms with Crippen LogP contribution in [0, 0.1) is 5.82 Å². The number of carbonyl (C=O) groups is 1. The van der Waals surface area contributed by atoms with Crippen LogP contribution >= 0.6 is 0 Å². The second-order valence-corrected chi connectivity index (χ2v) is 9.56. The van der Waals surface area contributed by atoms with E-state index >= 15 is 0 Å². The van der Waals surface area contributed by atoms with Gasteiger partial charge in [-0.05, 0) is 55.7 Å². The summed E-state index contributed by atoms with van der Waals surface area (Å²) in [6.45, 7) is 3.46. The fraction of sp³-hybridized carbons (Fsp3) is 0.381. The molecule has 3 rings (SSSR count). The first kappa shape index (κ1) is 21.3. The molecule has 1 amide bonds. The summed E-state index contributed by atoms with van der Waals surface area (Å²) in [5.41, 5.74) is 1.81. The highest BCUT2D eigenvalue weighted by molar-refractivity contribution is 7.89. The molecule has 0 saturated carbocycles. The molecule has 8 heteroatoms. The number of hydrogen-bond acceptors (Lipinski definition) is 4. The van der Waals surface area contributed by atoms with Crippen molar-refractivity contribution in [2.75, 3.05) is 32.1 Å². The first-order valence-electron chi connectivity index (χ1n) is 9.58. The van der Waals surface area contributed by atoms with Gasteiger partial charge >= 0.3 is 0 Å². The van der Waals surface area contributed by atoms with Gasteiger partial charge in [0.1, 0.15) is 5.82 Å². The Morgan fingerprint density at radius 3 is 2.31 bits per heavy atom. The Morgan fingerprint density at radius 2 is 1.72 bits per heavy atom. The molecule has 0 aromatic heterocycles. The van der Waals surface area contributed by atoms with Crippen molar-refractivity contribution in [3.05, 3.63) is 59.4 Å². The molecular weight excluding hydrogens is 393 g/mol. The predicted molar refractivity (Wildman–Crippen MR) is 111 cm³/mol. The third-order valence-electron chi connectivity index (χ3n) is 5.16. The van der Waals surface area contributed by atoms with Crippen molar-refractivity contribution < 1.29 is 17.6 Å². The van der Waals surface area contributed by atoms with Crippen molar-refractivity contribution in [3.63, 3.8) is 0 Å². The lowest BCUT2D eigenvalue weighted by molar-refractivity contribution is 0.0940. The van der Waals surface area contributed by atoms with E-state index in [2.05, 4.69) is 10.2 Å². The van der Waals surface area contributed by atoms with Gasteiger partial charge in [-0.15, -0.1) is 0 Å². The Balaban J connectivity index is 1.95. The molecule has 2 aromatic carbocycles. The normalized spacial score (nSPS) is 15.6. The highest BCUT2D eigenvalue weighted by Crippen LogP contribution is 2.28. The molecule has 2 aromatic rings. The van der Waals surface area contributed by atoms with Crippen LogP contribution in [0.1, 0.15) is 41.7 Å². The number of anilines is 1. The molecule has 6 nitrogen and oxygen atoms in total. The zero-order valence-electron chi connectivity index (χ0n) is 16.9. The van der Waals surface area contributed by atoms with Gasteiger partial charge < -0.3 is 10.2 Å². The van der Waals surface area contributed by atoms with Gasteiger partial charge in [0.25, 0.3) is 5.91 Å². The average Bonchev–Trinajstić information content (AvgIpc) is 3.22. The molecule has 1 N–H and O–H groups in total. The van der Waals surface area contributed by atoms with E-state index in [0.717, 1.165) is 41.5 Å². The molecule has 156 valence electrons. The molecule has 0 aliphatic carbocycles. The van der Waals surface area contributed by atoms with E-state index in [0.29, 0.717) is 5.56 Å². The monoisotopic (exact) mass is 419 g/mol. The van der Waals surface area contributed by atoms with E-state index in [-0.39, 0.29) is 22.7 Å². The van der Waals surface area contributed by atoms with E-state index in [1.165, 1.54) is 32.3 Å². The maximum atomic E-state index is 13.2. The Labute approximate surface area is 171 Å². The third-order valence-corrected chi connectivity index (χ3v) is 6.97. The number of carbonyl (C=O) groups excluding carboxylic acids is 1. The van der Waals surface area contributed by atoms with E-state index in [1.54, 1.807) is 31.2 Å². The van der Waals surface area contributed by atoms with Crippen molar-refractivity contribution in [1.29, 1.82) is 0 Å². The molecule has 0 bridgehead atoms. The highest BCUT2D eigenvalue weighted by atomic mass is 32.2. The Morgan fingerprint density at radius 1 is 1.10 bits per heavy atom. The SMILES string of the molecule is CC(NC(=O)c1cc(S(=O)(=O)N(C)C)ccc1N1CCCC1)c1ccc(F)cc1. The second-order valence-electron chi connectivity index (χ2n) is 7.41. The smallest absolute Gasteiger partial charge is 0.253 e. The van der Waals surface area contributed by atoms with Gasteiger partial charge in [0, 0.05) is 32.9 Å². The van der Waals surface area contributed by atoms with E-state index in [9.17, 15) is 17.6 Å². The molecule has 1 fully saturated rings. The van der Waals surface area contributed by atoms with Crippen molar-refractivity contribution in [1.82, 2.24) is 9.62 Å². The minimum Gasteiger partial charge on any atom is -0.371 e. The Kier molecular flexibility index (Phi) is 6.24. The average molecular weight is 420 g/mol. The molecular formula is C21H26FN3O3S. The summed E-state index contributed by atoms with van der Waals surface area (Å²) in [6.07, 6.45) is 2.07. The summed E-state index contributed by atoms with van der Waals surface area (Å²) >= 11 is 0. The lowest BCUT2D eigenvalue weighted by Crippen LogP contribution is -2.30. The van der Waals surface area contributed by atoms with E-state index < -0.39 is 10.0 Å². The molecule has 1 heterocycles. The highest BCUT2D eigenvalue weighted by Gasteiger charge is 2.25. The first-order chi connectivity index (χ1) is 13.7. The maximum absolute atomic E-state index is 13.2. The van der Waals surface area contributed by atoms with Crippen molar-refractivity contribution in [3.8, 4) is 0 Å². The molecule has 0 spiro atoms. The second kappa shape index (κ2) is 8.51. The number of sulfonamides is 1. The van der Waals surface area contributed by atoms with Gasteiger partial charge in [0.15, 0.2) is 0 Å². The van der Waals surface area contributed by atoms with Crippen LogP contribution in [-0.2, 0) is 10.0 Å². The van der Waals surface area contributed by atoms with Crippen LogP contribution in [0.25, 0.3) is 0 Å². The number of nitrogens with zero attached hydrogens (tertiary/aromatic N) is 2. The van der Waals surface area contributed by atoms with Gasteiger partial charge in [0.05, 0.1) is 16.5 Å². The topological polar surface area (TPSA) is 69.7 Å². The van der Waals surface area contributed by atoms with Crippen molar-refractivity contribution in [2.24, 2.45) is 0 Å². The summed E-state index contributed by atoms with van der Waals surface area (Å²) in [5.74, 6) is -0.704. The van der Waals surface area contributed by atoms with Crippen LogP contribution in [0.3, 0.4) is 0 Å². The minimum atomic E-state index is -3.67. The van der Waals surface area contributed by atoms with Crippen molar-refractivity contribution >= 4 is 21.6 Å². The predicted octanol–water partition coefficient (Wildman–Crippen LogP) is 3.17. The Hall–Kier alpha value is -2.45. The number of benzene rings is 2. The molecule has 1 aliphatic rings. The van der Waals surface area contributed by atoms with Crippen LogP contribution in [0.4, 0.5) is 10.1 Å². The number of halogens is 1. The summed E-state index contributed by atoms with van der Waals surface area (Å²) in [4.78, 5) is 15.3.